The van der Waals surface area contributed by atoms with Gasteiger partial charge in [0.15, 0.2) is 11.3 Å². The van der Waals surface area contributed by atoms with E-state index in [-0.39, 0.29) is 0 Å². The Morgan fingerprint density at radius 1 is 1.31 bits per heavy atom. The van der Waals surface area contributed by atoms with E-state index in [1.54, 1.807) is 22.4 Å². The Morgan fingerprint density at radius 3 is 2.81 bits per heavy atom. The third kappa shape index (κ3) is 2.61. The van der Waals surface area contributed by atoms with Crippen LogP contribution >= 0.6 is 0 Å². The predicted octanol–water partition coefficient (Wildman–Crippen LogP) is 0.749. The fourth-order valence-corrected chi connectivity index (χ4v) is 2.74. The van der Waals surface area contributed by atoms with Crippen molar-refractivity contribution in [2.24, 2.45) is 12.8 Å². The van der Waals surface area contributed by atoms with Crippen molar-refractivity contribution in [2.75, 3.05) is 5.32 Å². The molecule has 1 atom stereocenters. The molecular weight excluding hydrogens is 334 g/mol. The fourth-order valence-electron chi connectivity index (χ4n) is 2.74. The van der Waals surface area contributed by atoms with Gasteiger partial charge in [-0.05, 0) is 18.6 Å². The summed E-state index contributed by atoms with van der Waals surface area (Å²) in [5.74, 6) is 0.364. The van der Waals surface area contributed by atoms with Crippen LogP contribution in [0.4, 0.5) is 5.95 Å². The van der Waals surface area contributed by atoms with E-state index >= 15 is 0 Å². The van der Waals surface area contributed by atoms with Gasteiger partial charge in [0.1, 0.15) is 6.04 Å². The van der Waals surface area contributed by atoms with E-state index in [4.69, 9.17) is 5.73 Å². The Balaban J connectivity index is 1.94. The third-order valence-corrected chi connectivity index (χ3v) is 4.07. The summed E-state index contributed by atoms with van der Waals surface area (Å²) in [5, 5.41) is 16.4. The second-order valence-electron chi connectivity index (χ2n) is 5.91. The van der Waals surface area contributed by atoms with Gasteiger partial charge in [0, 0.05) is 12.4 Å². The minimum atomic E-state index is -0.559. The van der Waals surface area contributed by atoms with Crippen molar-refractivity contribution in [1.82, 2.24) is 34.6 Å². The summed E-state index contributed by atoms with van der Waals surface area (Å²) < 4.78 is 3.15. The van der Waals surface area contributed by atoms with Crippen molar-refractivity contribution in [3.8, 4) is 11.5 Å². The molecular formula is C16H17N9O. The Kier molecular flexibility index (Phi) is 3.72. The normalized spacial score (nSPS) is 12.5. The lowest BCUT2D eigenvalue weighted by Crippen LogP contribution is -2.35. The summed E-state index contributed by atoms with van der Waals surface area (Å²) >= 11 is 0. The number of primary amides is 1. The van der Waals surface area contributed by atoms with Crippen LogP contribution in [0.15, 0.2) is 30.5 Å². The molecule has 1 amide bonds. The van der Waals surface area contributed by atoms with Crippen LogP contribution < -0.4 is 11.1 Å². The average molecular weight is 351 g/mol. The van der Waals surface area contributed by atoms with Gasteiger partial charge in [0.05, 0.1) is 11.7 Å². The number of nitrogens with one attached hydrogen (secondary N) is 1. The molecule has 132 valence electrons. The quantitative estimate of drug-likeness (QED) is 0.543. The molecule has 3 heterocycles. The van der Waals surface area contributed by atoms with Gasteiger partial charge in [-0.15, -0.1) is 10.2 Å². The number of aryl methyl sites for hydroxylation is 1. The summed E-state index contributed by atoms with van der Waals surface area (Å²) in [6.07, 6.45) is 2.26. The molecule has 0 bridgehead atoms. The Bertz CT molecular complexity index is 1110. The molecule has 4 rings (SSSR count). The van der Waals surface area contributed by atoms with Crippen LogP contribution in [0.25, 0.3) is 28.1 Å². The SMILES string of the molecule is CC[C@H](Nc1nc2ccccc2c2nc(-c3cn(C)nn3)nn12)C(N)=O. The molecule has 0 aliphatic rings. The maximum Gasteiger partial charge on any atom is 0.239 e. The summed E-state index contributed by atoms with van der Waals surface area (Å²) in [6.45, 7) is 1.87. The van der Waals surface area contributed by atoms with E-state index in [9.17, 15) is 4.79 Å². The minimum Gasteiger partial charge on any atom is -0.368 e. The first kappa shape index (κ1) is 15.9. The van der Waals surface area contributed by atoms with Gasteiger partial charge in [-0.2, -0.15) is 4.52 Å². The number of nitrogens with two attached hydrogens (primary N) is 1. The second-order valence-corrected chi connectivity index (χ2v) is 5.91. The van der Waals surface area contributed by atoms with Gasteiger partial charge < -0.3 is 11.1 Å². The number of aromatic nitrogens is 7. The lowest BCUT2D eigenvalue weighted by Gasteiger charge is -2.15. The maximum absolute atomic E-state index is 11.6. The van der Waals surface area contributed by atoms with Gasteiger partial charge in [0.25, 0.3) is 0 Å². The molecule has 3 N–H and O–H groups in total. The van der Waals surface area contributed by atoms with Crippen molar-refractivity contribution >= 4 is 28.4 Å². The summed E-state index contributed by atoms with van der Waals surface area (Å²) in [6, 6.07) is 7.04. The predicted molar refractivity (Wildman–Crippen MR) is 95.2 cm³/mol. The fraction of sp³-hybridized carbons (Fsp3) is 0.250. The molecule has 1 aromatic carbocycles. The lowest BCUT2D eigenvalue weighted by atomic mass is 10.2. The molecule has 4 aromatic rings. The second kappa shape index (κ2) is 6.06. The number of para-hydroxylation sites is 1. The largest absolute Gasteiger partial charge is 0.368 e. The number of benzene rings is 1. The maximum atomic E-state index is 11.6. The molecule has 0 aliphatic carbocycles. The molecule has 0 saturated carbocycles. The number of hydrogen-bond acceptors (Lipinski definition) is 7. The number of carbonyl (C=O) groups excluding carboxylic acids is 1. The molecule has 0 unspecified atom stereocenters. The number of hydrogen-bond donors (Lipinski definition) is 2. The molecule has 0 radical (unpaired) electrons. The number of amides is 1. The Hall–Kier alpha value is -3.56. The first-order chi connectivity index (χ1) is 12.6. The van der Waals surface area contributed by atoms with Crippen LogP contribution in [-0.4, -0.2) is 46.5 Å². The molecule has 3 aromatic heterocycles. The zero-order valence-electron chi connectivity index (χ0n) is 14.3. The van der Waals surface area contributed by atoms with Crippen molar-refractivity contribution in [3.05, 3.63) is 30.5 Å². The van der Waals surface area contributed by atoms with Gasteiger partial charge in [-0.1, -0.05) is 24.3 Å². The first-order valence-electron chi connectivity index (χ1n) is 8.15. The smallest absolute Gasteiger partial charge is 0.239 e. The highest BCUT2D eigenvalue weighted by atomic mass is 16.1. The highest BCUT2D eigenvalue weighted by Crippen LogP contribution is 2.23. The monoisotopic (exact) mass is 351 g/mol. The molecule has 10 nitrogen and oxygen atoms in total. The van der Waals surface area contributed by atoms with Crippen LogP contribution in [0.2, 0.25) is 0 Å². The van der Waals surface area contributed by atoms with Crippen LogP contribution in [0, 0.1) is 0 Å². The van der Waals surface area contributed by atoms with Gasteiger partial charge in [0.2, 0.25) is 17.7 Å². The summed E-state index contributed by atoms with van der Waals surface area (Å²) in [4.78, 5) is 20.8. The van der Waals surface area contributed by atoms with E-state index in [0.29, 0.717) is 29.5 Å². The highest BCUT2D eigenvalue weighted by molar-refractivity contribution is 5.93. The van der Waals surface area contributed by atoms with E-state index in [1.807, 2.05) is 31.2 Å². The lowest BCUT2D eigenvalue weighted by molar-refractivity contribution is -0.118. The van der Waals surface area contributed by atoms with Crippen LogP contribution in [0.5, 0.6) is 0 Å². The molecule has 0 saturated heterocycles. The third-order valence-electron chi connectivity index (χ3n) is 4.07. The molecule has 0 spiro atoms. The molecule has 0 fully saturated rings. The van der Waals surface area contributed by atoms with Crippen molar-refractivity contribution < 1.29 is 4.79 Å². The van der Waals surface area contributed by atoms with E-state index in [0.717, 1.165) is 10.9 Å². The van der Waals surface area contributed by atoms with E-state index in [2.05, 4.69) is 30.7 Å². The molecule has 10 heteroatoms. The summed E-state index contributed by atoms with van der Waals surface area (Å²) in [5.41, 5.74) is 7.35. The van der Waals surface area contributed by atoms with Crippen molar-refractivity contribution in [3.63, 3.8) is 0 Å². The highest BCUT2D eigenvalue weighted by Gasteiger charge is 2.19. The van der Waals surface area contributed by atoms with Crippen molar-refractivity contribution in [1.29, 1.82) is 0 Å². The van der Waals surface area contributed by atoms with Gasteiger partial charge >= 0.3 is 0 Å². The topological polar surface area (TPSA) is 129 Å². The van der Waals surface area contributed by atoms with Crippen LogP contribution in [0.1, 0.15) is 13.3 Å². The average Bonchev–Trinajstić information content (AvgIpc) is 3.25. The Labute approximate surface area is 148 Å². The Morgan fingerprint density at radius 2 is 2.12 bits per heavy atom. The van der Waals surface area contributed by atoms with Crippen LogP contribution in [-0.2, 0) is 11.8 Å². The van der Waals surface area contributed by atoms with Gasteiger partial charge in [-0.25, -0.2) is 9.97 Å². The minimum absolute atomic E-state index is 0.395. The number of fused-ring (bicyclic) bond motifs is 3. The zero-order valence-corrected chi connectivity index (χ0v) is 14.3. The van der Waals surface area contributed by atoms with Crippen molar-refractivity contribution in [2.45, 2.75) is 19.4 Å². The zero-order chi connectivity index (χ0) is 18.3. The summed E-state index contributed by atoms with van der Waals surface area (Å²) in [7, 11) is 1.77. The first-order valence-corrected chi connectivity index (χ1v) is 8.15. The van der Waals surface area contributed by atoms with E-state index < -0.39 is 11.9 Å². The van der Waals surface area contributed by atoms with Crippen LogP contribution in [0.3, 0.4) is 0 Å². The molecule has 0 aliphatic heterocycles. The molecule has 26 heavy (non-hydrogen) atoms. The van der Waals surface area contributed by atoms with E-state index in [1.165, 1.54) is 0 Å². The number of nitrogens with zero attached hydrogens (tertiary/aromatic N) is 7. The standard InChI is InChI=1S/C16H17N9O/c1-3-10(13(17)26)18-16-19-11-7-5-4-6-9(11)15-20-14(22-25(15)16)12-8-24(2)23-21-12/h4-8,10H,3H2,1-2H3,(H2,17,26)(H,18,19)/t10-/m0/s1. The number of anilines is 1. The van der Waals surface area contributed by atoms with Gasteiger partial charge in [-0.3, -0.25) is 9.48 Å². The number of rotatable bonds is 5. The number of carbonyl (C=O) groups is 1.